The zero-order valence-corrected chi connectivity index (χ0v) is 8.23. The smallest absolute Gasteiger partial charge is 0.188 e. The lowest BCUT2D eigenvalue weighted by atomic mass is 10.3. The predicted molar refractivity (Wildman–Crippen MR) is 54.6 cm³/mol. The summed E-state index contributed by atoms with van der Waals surface area (Å²) in [6.45, 7) is 4.26. The van der Waals surface area contributed by atoms with Crippen molar-refractivity contribution in [2.45, 2.75) is 0 Å². The summed E-state index contributed by atoms with van der Waals surface area (Å²) in [5.74, 6) is 1.38. The highest BCUT2D eigenvalue weighted by molar-refractivity contribution is 5.39. The number of ether oxygens (including phenoxy) is 3. The van der Waals surface area contributed by atoms with Gasteiger partial charge in [0.1, 0.15) is 6.61 Å². The van der Waals surface area contributed by atoms with Crippen molar-refractivity contribution >= 4 is 0 Å². The monoisotopic (exact) mass is 194 g/mol. The van der Waals surface area contributed by atoms with Crippen LogP contribution in [0.1, 0.15) is 0 Å². The molecule has 0 saturated carbocycles. The van der Waals surface area contributed by atoms with Crippen LogP contribution >= 0.6 is 0 Å². The minimum Gasteiger partial charge on any atom is -0.486 e. The quantitative estimate of drug-likeness (QED) is 0.513. The van der Waals surface area contributed by atoms with Gasteiger partial charge in [0.2, 0.25) is 0 Å². The molecule has 0 aliphatic rings. The molecular formula is C11H14O3. The van der Waals surface area contributed by atoms with Crippen molar-refractivity contribution < 1.29 is 14.2 Å². The average Bonchev–Trinajstić information content (AvgIpc) is 2.24. The van der Waals surface area contributed by atoms with Crippen LogP contribution in [0.3, 0.4) is 0 Å². The lowest BCUT2D eigenvalue weighted by molar-refractivity contribution is 0.0489. The molecule has 0 amide bonds. The Hall–Kier alpha value is -1.48. The molecule has 0 bridgehead atoms. The molecule has 76 valence electrons. The van der Waals surface area contributed by atoms with Crippen LogP contribution in [-0.2, 0) is 4.74 Å². The van der Waals surface area contributed by atoms with Crippen LogP contribution in [-0.4, -0.2) is 20.5 Å². The second kappa shape index (κ2) is 6.05. The van der Waals surface area contributed by atoms with Gasteiger partial charge in [0.25, 0.3) is 0 Å². The SMILES string of the molecule is C=CCOc1ccccc1OCOC. The van der Waals surface area contributed by atoms with Gasteiger partial charge in [-0.25, -0.2) is 0 Å². The Kier molecular flexibility index (Phi) is 4.58. The Morgan fingerprint density at radius 2 is 1.86 bits per heavy atom. The van der Waals surface area contributed by atoms with Gasteiger partial charge in [0, 0.05) is 7.11 Å². The summed E-state index contributed by atoms with van der Waals surface area (Å²) in [6.07, 6.45) is 1.69. The van der Waals surface area contributed by atoms with Crippen molar-refractivity contribution in [2.75, 3.05) is 20.5 Å². The first-order chi connectivity index (χ1) is 6.88. The lowest BCUT2D eigenvalue weighted by Gasteiger charge is -2.10. The van der Waals surface area contributed by atoms with Gasteiger partial charge >= 0.3 is 0 Å². The van der Waals surface area contributed by atoms with Crippen LogP contribution in [0, 0.1) is 0 Å². The van der Waals surface area contributed by atoms with E-state index < -0.39 is 0 Å². The predicted octanol–water partition coefficient (Wildman–Crippen LogP) is 2.23. The molecule has 1 aromatic carbocycles. The van der Waals surface area contributed by atoms with Crippen LogP contribution in [0.15, 0.2) is 36.9 Å². The van der Waals surface area contributed by atoms with Crippen molar-refractivity contribution in [1.29, 1.82) is 0 Å². The highest BCUT2D eigenvalue weighted by atomic mass is 16.7. The maximum Gasteiger partial charge on any atom is 0.188 e. The number of para-hydroxylation sites is 2. The van der Waals surface area contributed by atoms with Crippen LogP contribution in [0.2, 0.25) is 0 Å². The van der Waals surface area contributed by atoms with Crippen molar-refractivity contribution in [2.24, 2.45) is 0 Å². The van der Waals surface area contributed by atoms with E-state index in [1.807, 2.05) is 24.3 Å². The van der Waals surface area contributed by atoms with Crippen molar-refractivity contribution in [1.82, 2.24) is 0 Å². The minimum absolute atomic E-state index is 0.217. The Bertz CT molecular complexity index is 284. The second-order valence-electron chi connectivity index (χ2n) is 2.60. The molecule has 0 atom stereocenters. The molecular weight excluding hydrogens is 180 g/mol. The van der Waals surface area contributed by atoms with Gasteiger partial charge in [0.15, 0.2) is 18.3 Å². The van der Waals surface area contributed by atoms with E-state index in [1.54, 1.807) is 13.2 Å². The maximum absolute atomic E-state index is 5.38. The standard InChI is InChI=1S/C11H14O3/c1-3-8-13-10-6-4-5-7-11(10)14-9-12-2/h3-7H,1,8-9H2,2H3. The Labute approximate surface area is 83.9 Å². The van der Waals surface area contributed by atoms with Gasteiger partial charge in [-0.2, -0.15) is 0 Å². The van der Waals surface area contributed by atoms with Crippen LogP contribution in [0.25, 0.3) is 0 Å². The molecule has 1 aromatic rings. The fraction of sp³-hybridized carbons (Fsp3) is 0.273. The Morgan fingerprint density at radius 3 is 2.43 bits per heavy atom. The molecule has 0 unspecified atom stereocenters. The molecule has 0 aromatic heterocycles. The highest BCUT2D eigenvalue weighted by Crippen LogP contribution is 2.26. The summed E-state index contributed by atoms with van der Waals surface area (Å²) in [4.78, 5) is 0. The van der Waals surface area contributed by atoms with E-state index in [4.69, 9.17) is 14.2 Å². The van der Waals surface area contributed by atoms with Crippen LogP contribution in [0.5, 0.6) is 11.5 Å². The molecule has 0 N–H and O–H groups in total. The zero-order chi connectivity index (χ0) is 10.2. The normalized spacial score (nSPS) is 9.50. The van der Waals surface area contributed by atoms with Crippen molar-refractivity contribution in [3.05, 3.63) is 36.9 Å². The molecule has 3 nitrogen and oxygen atoms in total. The molecule has 0 aliphatic heterocycles. The van der Waals surface area contributed by atoms with E-state index in [1.165, 1.54) is 0 Å². The van der Waals surface area contributed by atoms with E-state index in [0.717, 1.165) is 0 Å². The molecule has 0 fully saturated rings. The summed E-state index contributed by atoms with van der Waals surface area (Å²) in [5.41, 5.74) is 0. The number of benzene rings is 1. The first-order valence-electron chi connectivity index (χ1n) is 4.33. The number of hydrogen-bond acceptors (Lipinski definition) is 3. The summed E-state index contributed by atoms with van der Waals surface area (Å²) in [6, 6.07) is 7.44. The van der Waals surface area contributed by atoms with Crippen LogP contribution < -0.4 is 9.47 Å². The molecule has 0 spiro atoms. The van der Waals surface area contributed by atoms with Crippen molar-refractivity contribution in [3.8, 4) is 11.5 Å². The molecule has 0 radical (unpaired) electrons. The number of methoxy groups -OCH3 is 1. The summed E-state index contributed by atoms with van der Waals surface area (Å²) < 4.78 is 15.5. The summed E-state index contributed by atoms with van der Waals surface area (Å²) in [7, 11) is 1.58. The third-order valence-corrected chi connectivity index (χ3v) is 1.54. The molecule has 0 heterocycles. The van der Waals surface area contributed by atoms with Gasteiger partial charge in [-0.15, -0.1) is 0 Å². The number of hydrogen-bond donors (Lipinski definition) is 0. The third-order valence-electron chi connectivity index (χ3n) is 1.54. The summed E-state index contributed by atoms with van der Waals surface area (Å²) in [5, 5.41) is 0. The van der Waals surface area contributed by atoms with E-state index in [2.05, 4.69) is 6.58 Å². The van der Waals surface area contributed by atoms with Gasteiger partial charge < -0.3 is 14.2 Å². The van der Waals surface area contributed by atoms with Crippen molar-refractivity contribution in [3.63, 3.8) is 0 Å². The maximum atomic E-state index is 5.38. The fourth-order valence-corrected chi connectivity index (χ4v) is 0.960. The van der Waals surface area contributed by atoms with E-state index in [9.17, 15) is 0 Å². The average molecular weight is 194 g/mol. The summed E-state index contributed by atoms with van der Waals surface area (Å²) >= 11 is 0. The van der Waals surface area contributed by atoms with Crippen LogP contribution in [0.4, 0.5) is 0 Å². The lowest BCUT2D eigenvalue weighted by Crippen LogP contribution is -2.01. The molecule has 0 saturated heterocycles. The zero-order valence-electron chi connectivity index (χ0n) is 8.23. The van der Waals surface area contributed by atoms with E-state index in [0.29, 0.717) is 18.1 Å². The second-order valence-corrected chi connectivity index (χ2v) is 2.60. The third kappa shape index (κ3) is 3.11. The first kappa shape index (κ1) is 10.6. The fourth-order valence-electron chi connectivity index (χ4n) is 0.960. The Balaban J connectivity index is 2.64. The highest BCUT2D eigenvalue weighted by Gasteiger charge is 2.01. The Morgan fingerprint density at radius 1 is 1.21 bits per heavy atom. The van der Waals surface area contributed by atoms with E-state index >= 15 is 0 Å². The molecule has 1 rings (SSSR count). The number of rotatable bonds is 6. The minimum atomic E-state index is 0.217. The van der Waals surface area contributed by atoms with Gasteiger partial charge in [-0.1, -0.05) is 24.8 Å². The van der Waals surface area contributed by atoms with Gasteiger partial charge in [-0.05, 0) is 12.1 Å². The van der Waals surface area contributed by atoms with Gasteiger partial charge in [0.05, 0.1) is 0 Å². The molecule has 14 heavy (non-hydrogen) atoms. The van der Waals surface area contributed by atoms with E-state index in [-0.39, 0.29) is 6.79 Å². The first-order valence-corrected chi connectivity index (χ1v) is 4.33. The molecule has 3 heteroatoms. The molecule has 0 aliphatic carbocycles. The largest absolute Gasteiger partial charge is 0.486 e. The topological polar surface area (TPSA) is 27.7 Å². The van der Waals surface area contributed by atoms with Gasteiger partial charge in [-0.3, -0.25) is 0 Å².